The molecule has 0 saturated carbocycles. The molecule has 0 spiro atoms. The lowest BCUT2D eigenvalue weighted by atomic mass is 10.1. The summed E-state index contributed by atoms with van der Waals surface area (Å²) in [6, 6.07) is 17.1. The first kappa shape index (κ1) is 24.4. The average Bonchev–Trinajstić information content (AvgIpc) is 3.27. The Kier molecular flexibility index (Phi) is 8.31. The van der Waals surface area contributed by atoms with E-state index in [2.05, 4.69) is 17.2 Å². The number of carbonyl (C=O) groups excluding carboxylic acids is 4. The molecular weight excluding hydrogens is 456 g/mol. The van der Waals surface area contributed by atoms with E-state index in [0.717, 1.165) is 16.5 Å². The van der Waals surface area contributed by atoms with Gasteiger partial charge >= 0.3 is 11.9 Å². The van der Waals surface area contributed by atoms with Crippen molar-refractivity contribution >= 4 is 45.8 Å². The summed E-state index contributed by atoms with van der Waals surface area (Å²) in [5.41, 5.74) is 1.64. The second-order valence-electron chi connectivity index (χ2n) is 6.84. The molecule has 0 aliphatic heterocycles. The molecule has 34 heavy (non-hydrogen) atoms. The SMILES string of the molecule is C=CC(=O)Nc1cccc(C(=O)OCC(=O)Nc2sc(-c3ccccc3)cc2C(=O)OCC)c1. The minimum absolute atomic E-state index is 0.157. The van der Waals surface area contributed by atoms with E-state index in [0.29, 0.717) is 10.7 Å². The third-order valence-electron chi connectivity index (χ3n) is 4.42. The van der Waals surface area contributed by atoms with E-state index in [1.807, 2.05) is 30.3 Å². The Labute approximate surface area is 200 Å². The van der Waals surface area contributed by atoms with E-state index in [-0.39, 0.29) is 17.7 Å². The maximum Gasteiger partial charge on any atom is 0.341 e. The van der Waals surface area contributed by atoms with Crippen molar-refractivity contribution in [3.05, 3.63) is 84.4 Å². The van der Waals surface area contributed by atoms with Crippen LogP contribution in [0.2, 0.25) is 0 Å². The Bertz CT molecular complexity index is 1220. The third kappa shape index (κ3) is 6.39. The van der Waals surface area contributed by atoms with Crippen LogP contribution in [0.15, 0.2) is 73.3 Å². The van der Waals surface area contributed by atoms with E-state index in [4.69, 9.17) is 9.47 Å². The molecule has 3 rings (SSSR count). The van der Waals surface area contributed by atoms with Crippen molar-refractivity contribution < 1.29 is 28.7 Å². The fraction of sp³-hybridized carbons (Fsp3) is 0.120. The van der Waals surface area contributed by atoms with Gasteiger partial charge in [-0.2, -0.15) is 0 Å². The van der Waals surface area contributed by atoms with E-state index < -0.39 is 30.4 Å². The van der Waals surface area contributed by atoms with Crippen LogP contribution in [0.25, 0.3) is 10.4 Å². The zero-order valence-corrected chi connectivity index (χ0v) is 19.1. The van der Waals surface area contributed by atoms with E-state index in [1.54, 1.807) is 25.1 Å². The highest BCUT2D eigenvalue weighted by Crippen LogP contribution is 2.35. The van der Waals surface area contributed by atoms with Gasteiger partial charge in [0.2, 0.25) is 5.91 Å². The number of carbonyl (C=O) groups is 4. The van der Waals surface area contributed by atoms with Crippen LogP contribution in [0, 0.1) is 0 Å². The number of anilines is 2. The van der Waals surface area contributed by atoms with Crippen molar-refractivity contribution in [3.63, 3.8) is 0 Å². The van der Waals surface area contributed by atoms with Crippen molar-refractivity contribution in [3.8, 4) is 10.4 Å². The molecule has 2 aromatic carbocycles. The molecular formula is C25H22N2O6S. The molecule has 0 unspecified atom stereocenters. The van der Waals surface area contributed by atoms with Gasteiger partial charge in [0.25, 0.3) is 5.91 Å². The van der Waals surface area contributed by atoms with Gasteiger partial charge in [-0.1, -0.05) is 43.0 Å². The van der Waals surface area contributed by atoms with Crippen molar-refractivity contribution in [2.45, 2.75) is 6.92 Å². The normalized spacial score (nSPS) is 10.1. The van der Waals surface area contributed by atoms with Gasteiger partial charge in [0.1, 0.15) is 5.00 Å². The number of hydrogen-bond acceptors (Lipinski definition) is 7. The summed E-state index contributed by atoms with van der Waals surface area (Å²) in [4.78, 5) is 49.4. The lowest BCUT2D eigenvalue weighted by molar-refractivity contribution is -0.119. The summed E-state index contributed by atoms with van der Waals surface area (Å²) in [5.74, 6) is -2.34. The molecule has 1 aromatic heterocycles. The fourth-order valence-electron chi connectivity index (χ4n) is 2.88. The van der Waals surface area contributed by atoms with Crippen LogP contribution in [0.5, 0.6) is 0 Å². The Morgan fingerprint density at radius 1 is 0.941 bits per heavy atom. The zero-order valence-electron chi connectivity index (χ0n) is 18.3. The topological polar surface area (TPSA) is 111 Å². The van der Waals surface area contributed by atoms with Crippen LogP contribution < -0.4 is 10.6 Å². The minimum atomic E-state index is -0.744. The number of benzene rings is 2. The van der Waals surface area contributed by atoms with Crippen molar-refractivity contribution in [2.24, 2.45) is 0 Å². The highest BCUT2D eigenvalue weighted by Gasteiger charge is 2.20. The first-order valence-electron chi connectivity index (χ1n) is 10.3. The number of hydrogen-bond donors (Lipinski definition) is 2. The second-order valence-corrected chi connectivity index (χ2v) is 7.89. The average molecular weight is 479 g/mol. The molecule has 0 saturated heterocycles. The smallest absolute Gasteiger partial charge is 0.341 e. The Morgan fingerprint density at radius 2 is 1.71 bits per heavy atom. The number of ether oxygens (including phenoxy) is 2. The predicted molar refractivity (Wildman–Crippen MR) is 130 cm³/mol. The molecule has 8 nitrogen and oxygen atoms in total. The van der Waals surface area contributed by atoms with Gasteiger partial charge in [0.05, 0.1) is 17.7 Å². The van der Waals surface area contributed by atoms with E-state index in [9.17, 15) is 19.2 Å². The van der Waals surface area contributed by atoms with Crippen LogP contribution in [0.3, 0.4) is 0 Å². The molecule has 3 aromatic rings. The highest BCUT2D eigenvalue weighted by molar-refractivity contribution is 7.20. The molecule has 174 valence electrons. The fourth-order valence-corrected chi connectivity index (χ4v) is 3.95. The van der Waals surface area contributed by atoms with Gasteiger partial charge in [-0.25, -0.2) is 9.59 Å². The minimum Gasteiger partial charge on any atom is -0.462 e. The van der Waals surface area contributed by atoms with Gasteiger partial charge in [-0.05, 0) is 42.8 Å². The van der Waals surface area contributed by atoms with E-state index in [1.165, 1.54) is 23.5 Å². The molecule has 2 amide bonds. The lowest BCUT2D eigenvalue weighted by Gasteiger charge is -2.08. The van der Waals surface area contributed by atoms with Crippen molar-refractivity contribution in [1.82, 2.24) is 0 Å². The maximum absolute atomic E-state index is 12.5. The number of rotatable bonds is 9. The summed E-state index contributed by atoms with van der Waals surface area (Å²) in [6.45, 7) is 4.68. The van der Waals surface area contributed by atoms with Crippen LogP contribution >= 0.6 is 11.3 Å². The van der Waals surface area contributed by atoms with Crippen molar-refractivity contribution in [1.29, 1.82) is 0 Å². The Morgan fingerprint density at radius 3 is 2.41 bits per heavy atom. The molecule has 0 aliphatic rings. The molecule has 0 atom stereocenters. The van der Waals surface area contributed by atoms with E-state index >= 15 is 0 Å². The van der Waals surface area contributed by atoms with Crippen LogP contribution in [0.4, 0.5) is 10.7 Å². The standard InChI is InChI=1S/C25H22N2O6S/c1-3-21(28)26-18-12-8-11-17(13-18)24(30)33-15-22(29)27-23-19(25(31)32-4-2)14-20(34-23)16-9-6-5-7-10-16/h3,5-14H,1,4,15H2,2H3,(H,26,28)(H,27,29). The molecule has 0 radical (unpaired) electrons. The quantitative estimate of drug-likeness (QED) is 0.346. The van der Waals surface area contributed by atoms with Crippen LogP contribution in [-0.2, 0) is 19.1 Å². The number of esters is 2. The van der Waals surface area contributed by atoms with Gasteiger partial charge in [-0.15, -0.1) is 11.3 Å². The maximum atomic E-state index is 12.5. The summed E-state index contributed by atoms with van der Waals surface area (Å²) in [5, 5.41) is 5.46. The third-order valence-corrected chi connectivity index (χ3v) is 5.52. The molecule has 0 bridgehead atoms. The van der Waals surface area contributed by atoms with Gasteiger partial charge < -0.3 is 20.1 Å². The molecule has 9 heteroatoms. The summed E-state index contributed by atoms with van der Waals surface area (Å²) >= 11 is 1.21. The Balaban J connectivity index is 1.68. The second kappa shape index (κ2) is 11.6. The van der Waals surface area contributed by atoms with Gasteiger partial charge in [0.15, 0.2) is 6.61 Å². The number of nitrogens with one attached hydrogen (secondary N) is 2. The highest BCUT2D eigenvalue weighted by atomic mass is 32.1. The number of thiophene rings is 1. The summed E-state index contributed by atoms with van der Waals surface area (Å²) in [7, 11) is 0. The summed E-state index contributed by atoms with van der Waals surface area (Å²) < 4.78 is 10.2. The predicted octanol–water partition coefficient (Wildman–Crippen LogP) is 4.51. The van der Waals surface area contributed by atoms with Crippen LogP contribution in [0.1, 0.15) is 27.6 Å². The largest absolute Gasteiger partial charge is 0.462 e. The van der Waals surface area contributed by atoms with Gasteiger partial charge in [-0.3, -0.25) is 9.59 Å². The molecule has 0 aliphatic carbocycles. The number of amides is 2. The van der Waals surface area contributed by atoms with Gasteiger partial charge in [0, 0.05) is 10.6 Å². The molecule has 0 fully saturated rings. The Hall–Kier alpha value is -4.24. The lowest BCUT2D eigenvalue weighted by Crippen LogP contribution is -2.21. The first-order valence-corrected chi connectivity index (χ1v) is 11.1. The monoisotopic (exact) mass is 478 g/mol. The molecule has 2 N–H and O–H groups in total. The van der Waals surface area contributed by atoms with Crippen molar-refractivity contribution in [2.75, 3.05) is 23.8 Å². The summed E-state index contributed by atoms with van der Waals surface area (Å²) in [6.07, 6.45) is 1.10. The van der Waals surface area contributed by atoms with Crippen LogP contribution in [-0.4, -0.2) is 37.0 Å². The first-order chi connectivity index (χ1) is 16.4. The molecule has 1 heterocycles. The zero-order chi connectivity index (χ0) is 24.5.